The molecule has 0 saturated carbocycles. The molecule has 1 aromatic heterocycles. The van der Waals surface area contributed by atoms with Gasteiger partial charge in [0.1, 0.15) is 6.10 Å². The van der Waals surface area contributed by atoms with Gasteiger partial charge in [-0.15, -0.1) is 11.3 Å². The molecule has 0 amide bonds. The molecule has 0 aliphatic heterocycles. The van der Waals surface area contributed by atoms with E-state index in [-0.39, 0.29) is 22.3 Å². The Balaban J connectivity index is 3.08. The highest BCUT2D eigenvalue weighted by Gasteiger charge is 2.44. The van der Waals surface area contributed by atoms with Crippen molar-refractivity contribution in [2.45, 2.75) is 96.9 Å². The molecule has 1 aromatic rings. The summed E-state index contributed by atoms with van der Waals surface area (Å²) in [6.45, 7) is 25.3. The normalized spacial score (nSPS) is 17.0. The summed E-state index contributed by atoms with van der Waals surface area (Å²) in [5.41, 5.74) is 0. The molecule has 0 fully saturated rings. The Labute approximate surface area is 156 Å². The molecule has 24 heavy (non-hydrogen) atoms. The molecule has 2 atom stereocenters. The first-order valence-corrected chi connectivity index (χ1v) is 15.7. The Bertz CT molecular complexity index is 510. The third kappa shape index (κ3) is 5.27. The summed E-state index contributed by atoms with van der Waals surface area (Å²) in [5.74, 6) is 0. The van der Waals surface area contributed by atoms with Crippen LogP contribution in [0.25, 0.3) is 0 Å². The van der Waals surface area contributed by atoms with Crippen LogP contribution in [0.15, 0.2) is 17.5 Å². The van der Waals surface area contributed by atoms with Crippen molar-refractivity contribution in [1.82, 2.24) is 0 Å². The molecular weight excluding hydrogens is 348 g/mol. The van der Waals surface area contributed by atoms with Crippen LogP contribution in [0.4, 0.5) is 0 Å². The first kappa shape index (κ1) is 22.1. The molecule has 0 N–H and O–H groups in total. The summed E-state index contributed by atoms with van der Waals surface area (Å²) in [5, 5.41) is 2.54. The first-order valence-electron chi connectivity index (χ1n) is 8.97. The summed E-state index contributed by atoms with van der Waals surface area (Å²) < 4.78 is 13.5. The van der Waals surface area contributed by atoms with E-state index in [0.29, 0.717) is 0 Å². The quantitative estimate of drug-likeness (QED) is 0.480. The molecule has 1 heterocycles. The third-order valence-electron chi connectivity index (χ3n) is 5.76. The minimum Gasteiger partial charge on any atom is -0.411 e. The van der Waals surface area contributed by atoms with Gasteiger partial charge in [0.05, 0.1) is 6.10 Å². The van der Waals surface area contributed by atoms with Crippen LogP contribution in [0.1, 0.15) is 59.4 Å². The zero-order valence-corrected chi connectivity index (χ0v) is 20.4. The Morgan fingerprint density at radius 1 is 0.875 bits per heavy atom. The first-order chi connectivity index (χ1) is 10.6. The van der Waals surface area contributed by atoms with Crippen LogP contribution in [0.3, 0.4) is 0 Å². The van der Waals surface area contributed by atoms with E-state index in [0.717, 1.165) is 0 Å². The fourth-order valence-corrected chi connectivity index (χ4v) is 5.68. The molecule has 0 radical (unpaired) electrons. The topological polar surface area (TPSA) is 18.5 Å². The summed E-state index contributed by atoms with van der Waals surface area (Å²) in [6.07, 6.45) is 0.0960. The van der Waals surface area contributed by atoms with Gasteiger partial charge in [0.2, 0.25) is 0 Å². The maximum atomic E-state index is 6.81. The lowest BCUT2D eigenvalue weighted by Crippen LogP contribution is -2.48. The molecule has 1 rings (SSSR count). The van der Waals surface area contributed by atoms with E-state index >= 15 is 0 Å². The molecule has 0 unspecified atom stereocenters. The second kappa shape index (κ2) is 7.35. The summed E-state index contributed by atoms with van der Waals surface area (Å²) in [6, 6.07) is 4.30. The lowest BCUT2D eigenvalue weighted by Gasteiger charge is -2.44. The number of hydrogen-bond acceptors (Lipinski definition) is 3. The highest BCUT2D eigenvalue weighted by Crippen LogP contribution is 2.44. The Morgan fingerprint density at radius 3 is 1.71 bits per heavy atom. The maximum Gasteiger partial charge on any atom is 0.193 e. The van der Waals surface area contributed by atoms with Crippen LogP contribution in [-0.4, -0.2) is 22.7 Å². The van der Waals surface area contributed by atoms with E-state index in [4.69, 9.17) is 8.85 Å². The Kier molecular flexibility index (Phi) is 6.77. The fraction of sp³-hybridized carbons (Fsp3) is 0.789. The smallest absolute Gasteiger partial charge is 0.193 e. The zero-order chi connectivity index (χ0) is 19.0. The lowest BCUT2D eigenvalue weighted by molar-refractivity contribution is 0.0481. The van der Waals surface area contributed by atoms with Crippen molar-refractivity contribution in [2.24, 2.45) is 0 Å². The average Bonchev–Trinajstić information content (AvgIpc) is 2.85. The molecule has 0 aliphatic rings. The number of thiophene rings is 1. The molecule has 2 nitrogen and oxygen atoms in total. The predicted molar refractivity (Wildman–Crippen MR) is 113 cm³/mol. The van der Waals surface area contributed by atoms with E-state index in [1.165, 1.54) is 4.88 Å². The van der Waals surface area contributed by atoms with Crippen LogP contribution < -0.4 is 0 Å². The number of rotatable bonds is 6. The van der Waals surface area contributed by atoms with E-state index in [2.05, 4.69) is 92.2 Å². The largest absolute Gasteiger partial charge is 0.411 e. The summed E-state index contributed by atoms with van der Waals surface area (Å²) >= 11 is 1.78. The van der Waals surface area contributed by atoms with E-state index in [1.807, 2.05) is 0 Å². The molecule has 0 aromatic carbocycles. The van der Waals surface area contributed by atoms with Gasteiger partial charge in [0, 0.05) is 4.88 Å². The molecule has 0 aliphatic carbocycles. The van der Waals surface area contributed by atoms with Gasteiger partial charge in [-0.25, -0.2) is 0 Å². The van der Waals surface area contributed by atoms with Gasteiger partial charge in [-0.1, -0.05) is 47.6 Å². The second-order valence-corrected chi connectivity index (χ2v) is 20.4. The molecule has 5 heteroatoms. The highest BCUT2D eigenvalue weighted by molar-refractivity contribution is 7.10. The molecule has 0 bridgehead atoms. The van der Waals surface area contributed by atoms with Gasteiger partial charge in [0.15, 0.2) is 16.6 Å². The summed E-state index contributed by atoms with van der Waals surface area (Å²) in [4.78, 5) is 1.28. The van der Waals surface area contributed by atoms with E-state index in [1.54, 1.807) is 11.3 Å². The van der Waals surface area contributed by atoms with Crippen LogP contribution >= 0.6 is 11.3 Å². The van der Waals surface area contributed by atoms with Gasteiger partial charge in [-0.2, -0.15) is 0 Å². The van der Waals surface area contributed by atoms with Gasteiger partial charge in [0.25, 0.3) is 0 Å². The summed E-state index contributed by atoms with van der Waals surface area (Å²) in [7, 11) is -3.69. The van der Waals surface area contributed by atoms with Crippen molar-refractivity contribution in [3.8, 4) is 0 Å². The monoisotopic (exact) mass is 386 g/mol. The molecule has 140 valence electrons. The van der Waals surface area contributed by atoms with Crippen LogP contribution in [0.2, 0.25) is 36.3 Å². The van der Waals surface area contributed by atoms with Gasteiger partial charge in [-0.3, -0.25) is 0 Å². The SMILES string of the molecule is C[C@H](O[Si](C)(C)C(C)(C)C)[C@H](O[Si](C)(C)C(C)(C)C)c1cccs1. The highest BCUT2D eigenvalue weighted by atomic mass is 32.1. The lowest BCUT2D eigenvalue weighted by atomic mass is 10.2. The third-order valence-corrected chi connectivity index (χ3v) is 15.7. The zero-order valence-electron chi connectivity index (χ0n) is 17.6. The van der Waals surface area contributed by atoms with Crippen molar-refractivity contribution < 1.29 is 8.85 Å². The van der Waals surface area contributed by atoms with E-state index < -0.39 is 16.6 Å². The van der Waals surface area contributed by atoms with Gasteiger partial charge < -0.3 is 8.85 Å². The van der Waals surface area contributed by atoms with Gasteiger partial charge >= 0.3 is 0 Å². The van der Waals surface area contributed by atoms with Crippen molar-refractivity contribution in [1.29, 1.82) is 0 Å². The van der Waals surface area contributed by atoms with Crippen LogP contribution in [0.5, 0.6) is 0 Å². The van der Waals surface area contributed by atoms with Gasteiger partial charge in [-0.05, 0) is 54.6 Å². The van der Waals surface area contributed by atoms with E-state index in [9.17, 15) is 0 Å². The maximum absolute atomic E-state index is 6.81. The van der Waals surface area contributed by atoms with Crippen LogP contribution in [0, 0.1) is 0 Å². The van der Waals surface area contributed by atoms with Crippen LogP contribution in [-0.2, 0) is 8.85 Å². The minimum absolute atomic E-state index is 0.0278. The van der Waals surface area contributed by atoms with Crippen molar-refractivity contribution in [3.05, 3.63) is 22.4 Å². The Morgan fingerprint density at radius 2 is 1.33 bits per heavy atom. The molecule has 0 spiro atoms. The van der Waals surface area contributed by atoms with Crippen molar-refractivity contribution >= 4 is 28.0 Å². The average molecular weight is 387 g/mol. The molecule has 0 saturated heterocycles. The molecular formula is C19H38O2SSi2. The standard InChI is InChI=1S/C19H38O2SSi2/c1-15(20-23(8,9)18(2,3)4)17(16-13-12-14-22-16)21-24(10,11)19(5,6)7/h12-15,17H,1-11H3/t15-,17-/m0/s1. The number of hydrogen-bond donors (Lipinski definition) is 0. The fourth-order valence-electron chi connectivity index (χ4n) is 2.04. The second-order valence-electron chi connectivity index (χ2n) is 9.90. The minimum atomic E-state index is -1.87. The Hall–Kier alpha value is 0.0538. The van der Waals surface area contributed by atoms with Crippen molar-refractivity contribution in [3.63, 3.8) is 0 Å². The van der Waals surface area contributed by atoms with Crippen molar-refractivity contribution in [2.75, 3.05) is 0 Å². The predicted octanol–water partition coefficient (Wildman–Crippen LogP) is 7.22.